The van der Waals surface area contributed by atoms with Crippen molar-refractivity contribution in [1.29, 1.82) is 0 Å². The molecule has 2 aromatic rings. The molecule has 2 heteroatoms. The highest BCUT2D eigenvalue weighted by Gasteiger charge is 2.37. The normalized spacial score (nSPS) is 26.8. The molecule has 0 radical (unpaired) electrons. The summed E-state index contributed by atoms with van der Waals surface area (Å²) in [7, 11) is 0. The highest BCUT2D eigenvalue weighted by atomic mass is 35.5. The van der Waals surface area contributed by atoms with E-state index < -0.39 is 0 Å². The number of rotatable bonds is 1. The lowest BCUT2D eigenvalue weighted by molar-refractivity contribution is 0.425. The Balaban J connectivity index is 1.80. The maximum atomic E-state index is 6.17. The number of halogens is 1. The van der Waals surface area contributed by atoms with Crippen LogP contribution in [0.2, 0.25) is 5.02 Å². The molecule has 1 nitrogen and oxygen atoms in total. The van der Waals surface area contributed by atoms with Crippen molar-refractivity contribution in [3.8, 4) is 0 Å². The Hall–Kier alpha value is -1.73. The molecule has 100 valence electrons. The molecule has 2 aromatic carbocycles. The van der Waals surface area contributed by atoms with Crippen molar-refractivity contribution in [3.63, 3.8) is 0 Å². The van der Waals surface area contributed by atoms with Gasteiger partial charge in [0.05, 0.1) is 6.04 Å². The van der Waals surface area contributed by atoms with Crippen molar-refractivity contribution in [2.75, 3.05) is 5.32 Å². The molecular weight excluding hydrogens is 266 g/mol. The van der Waals surface area contributed by atoms with E-state index in [1.807, 2.05) is 6.07 Å². The second-order valence-electron chi connectivity index (χ2n) is 5.62. The molecule has 0 saturated heterocycles. The largest absolute Gasteiger partial charge is 0.378 e. The van der Waals surface area contributed by atoms with Crippen molar-refractivity contribution in [2.24, 2.45) is 5.92 Å². The smallest absolute Gasteiger partial charge is 0.0553 e. The first-order valence-electron chi connectivity index (χ1n) is 7.10. The van der Waals surface area contributed by atoms with Crippen LogP contribution in [0.25, 0.3) is 0 Å². The molecule has 1 aliphatic heterocycles. The zero-order valence-corrected chi connectivity index (χ0v) is 11.8. The van der Waals surface area contributed by atoms with Crippen molar-refractivity contribution in [1.82, 2.24) is 0 Å². The molecule has 1 heterocycles. The summed E-state index contributed by atoms with van der Waals surface area (Å²) in [5.74, 6) is 1.07. The van der Waals surface area contributed by atoms with Crippen molar-refractivity contribution >= 4 is 17.3 Å². The summed E-state index contributed by atoms with van der Waals surface area (Å²) < 4.78 is 0. The summed E-state index contributed by atoms with van der Waals surface area (Å²) >= 11 is 6.17. The zero-order valence-electron chi connectivity index (χ0n) is 11.1. The second kappa shape index (κ2) is 4.68. The van der Waals surface area contributed by atoms with E-state index in [0.717, 1.165) is 11.4 Å². The van der Waals surface area contributed by atoms with Gasteiger partial charge in [-0.1, -0.05) is 54.1 Å². The van der Waals surface area contributed by atoms with Crippen molar-refractivity contribution in [2.45, 2.75) is 18.4 Å². The van der Waals surface area contributed by atoms with Crippen LogP contribution in [-0.4, -0.2) is 0 Å². The van der Waals surface area contributed by atoms with Gasteiger partial charge in [0.15, 0.2) is 0 Å². The van der Waals surface area contributed by atoms with Crippen LogP contribution in [-0.2, 0) is 0 Å². The van der Waals surface area contributed by atoms with Crippen LogP contribution in [0.5, 0.6) is 0 Å². The minimum absolute atomic E-state index is 0.380. The van der Waals surface area contributed by atoms with E-state index in [0.29, 0.717) is 17.9 Å². The average Bonchev–Trinajstić information content (AvgIpc) is 2.97. The van der Waals surface area contributed by atoms with Gasteiger partial charge < -0.3 is 5.32 Å². The maximum absolute atomic E-state index is 6.17. The van der Waals surface area contributed by atoms with Gasteiger partial charge in [-0.25, -0.2) is 0 Å². The molecule has 2 aliphatic rings. The fraction of sp³-hybridized carbons (Fsp3) is 0.222. The van der Waals surface area contributed by atoms with Crippen LogP contribution >= 0.6 is 11.6 Å². The number of hydrogen-bond acceptors (Lipinski definition) is 1. The van der Waals surface area contributed by atoms with E-state index in [2.05, 4.69) is 59.9 Å². The fourth-order valence-electron chi connectivity index (χ4n) is 3.56. The standard InChI is InChI=1S/C18H16ClN/c19-13-9-10-17-16(11-13)14-7-4-8-15(14)18(20-17)12-5-2-1-3-6-12/h1-7,9-11,14-15,18,20H,8H2/t14-,15-,18-/m0/s1. The Morgan fingerprint density at radius 3 is 2.75 bits per heavy atom. The monoisotopic (exact) mass is 281 g/mol. The SMILES string of the molecule is Clc1ccc2c(c1)[C@H]1C=CC[C@@H]1[C@H](c1ccccc1)N2. The maximum Gasteiger partial charge on any atom is 0.0553 e. The van der Waals surface area contributed by atoms with E-state index >= 15 is 0 Å². The quantitative estimate of drug-likeness (QED) is 0.711. The highest BCUT2D eigenvalue weighted by Crippen LogP contribution is 2.50. The average molecular weight is 282 g/mol. The van der Waals surface area contributed by atoms with E-state index in [1.54, 1.807) is 0 Å². The first kappa shape index (κ1) is 12.0. The predicted molar refractivity (Wildman–Crippen MR) is 84.2 cm³/mol. The van der Waals surface area contributed by atoms with Crippen LogP contribution in [0.15, 0.2) is 60.7 Å². The summed E-state index contributed by atoms with van der Waals surface area (Å²) in [5.41, 5.74) is 3.92. The summed E-state index contributed by atoms with van der Waals surface area (Å²) in [6.45, 7) is 0. The molecule has 0 unspecified atom stereocenters. The minimum atomic E-state index is 0.380. The number of anilines is 1. The van der Waals surface area contributed by atoms with Crippen LogP contribution in [0.4, 0.5) is 5.69 Å². The van der Waals surface area contributed by atoms with Gasteiger partial charge in [0.2, 0.25) is 0 Å². The minimum Gasteiger partial charge on any atom is -0.378 e. The van der Waals surface area contributed by atoms with Gasteiger partial charge in [0, 0.05) is 16.6 Å². The lowest BCUT2D eigenvalue weighted by Crippen LogP contribution is -2.28. The number of fused-ring (bicyclic) bond motifs is 3. The third-order valence-corrected chi connectivity index (χ3v) is 4.72. The summed E-state index contributed by atoms with van der Waals surface area (Å²) in [6, 6.07) is 17.3. The van der Waals surface area contributed by atoms with E-state index in [4.69, 9.17) is 11.6 Å². The van der Waals surface area contributed by atoms with Crippen molar-refractivity contribution in [3.05, 3.63) is 76.8 Å². The summed E-state index contributed by atoms with van der Waals surface area (Å²) in [4.78, 5) is 0. The molecule has 1 N–H and O–H groups in total. The Morgan fingerprint density at radius 1 is 1.05 bits per heavy atom. The van der Waals surface area contributed by atoms with Crippen LogP contribution in [0.1, 0.15) is 29.5 Å². The van der Waals surface area contributed by atoms with Crippen molar-refractivity contribution < 1.29 is 0 Å². The van der Waals surface area contributed by atoms with Crippen LogP contribution in [0.3, 0.4) is 0 Å². The van der Waals surface area contributed by atoms with Gasteiger partial charge in [-0.3, -0.25) is 0 Å². The first-order valence-corrected chi connectivity index (χ1v) is 7.48. The number of benzene rings is 2. The Labute approximate surface area is 124 Å². The second-order valence-corrected chi connectivity index (χ2v) is 6.05. The molecule has 0 fully saturated rings. The first-order chi connectivity index (χ1) is 9.83. The van der Waals surface area contributed by atoms with Gasteiger partial charge in [-0.15, -0.1) is 0 Å². The van der Waals surface area contributed by atoms with Crippen LogP contribution < -0.4 is 5.32 Å². The highest BCUT2D eigenvalue weighted by molar-refractivity contribution is 6.30. The fourth-order valence-corrected chi connectivity index (χ4v) is 3.74. The van der Waals surface area contributed by atoms with E-state index in [1.165, 1.54) is 16.8 Å². The Morgan fingerprint density at radius 2 is 1.90 bits per heavy atom. The van der Waals surface area contributed by atoms with E-state index in [-0.39, 0.29) is 0 Å². The van der Waals surface area contributed by atoms with Gasteiger partial charge >= 0.3 is 0 Å². The Kier molecular flexibility index (Phi) is 2.82. The molecular formula is C18H16ClN. The topological polar surface area (TPSA) is 12.0 Å². The third kappa shape index (κ3) is 1.85. The molecule has 0 spiro atoms. The molecule has 1 aliphatic carbocycles. The van der Waals surface area contributed by atoms with Gasteiger partial charge in [0.1, 0.15) is 0 Å². The lowest BCUT2D eigenvalue weighted by Gasteiger charge is -2.37. The number of allylic oxidation sites excluding steroid dienone is 2. The molecule has 0 saturated carbocycles. The van der Waals surface area contributed by atoms with E-state index in [9.17, 15) is 0 Å². The number of nitrogens with one attached hydrogen (secondary N) is 1. The molecule has 0 amide bonds. The predicted octanol–water partition coefficient (Wildman–Crippen LogP) is 5.17. The molecule has 0 bridgehead atoms. The van der Waals surface area contributed by atoms with Gasteiger partial charge in [-0.05, 0) is 41.7 Å². The summed E-state index contributed by atoms with van der Waals surface area (Å²) in [6.07, 6.45) is 5.78. The van der Waals surface area contributed by atoms with Gasteiger partial charge in [0.25, 0.3) is 0 Å². The molecule has 20 heavy (non-hydrogen) atoms. The zero-order chi connectivity index (χ0) is 13.5. The Bertz CT molecular complexity index is 662. The molecule has 3 atom stereocenters. The third-order valence-electron chi connectivity index (χ3n) is 4.48. The summed E-state index contributed by atoms with van der Waals surface area (Å²) in [5, 5.41) is 4.54. The van der Waals surface area contributed by atoms with Gasteiger partial charge in [-0.2, -0.15) is 0 Å². The number of hydrogen-bond donors (Lipinski definition) is 1. The lowest BCUT2D eigenvalue weighted by atomic mass is 9.77. The molecule has 0 aromatic heterocycles. The molecule has 4 rings (SSSR count). The van der Waals surface area contributed by atoms with Crippen LogP contribution in [0, 0.1) is 5.92 Å².